The molecule has 1 amide bonds. The van der Waals surface area contributed by atoms with Crippen LogP contribution in [-0.2, 0) is 14.3 Å². The first-order chi connectivity index (χ1) is 14.2. The number of hydrogen-bond donors (Lipinski definition) is 0. The lowest BCUT2D eigenvalue weighted by atomic mass is 9.98. The molecule has 0 aliphatic carbocycles. The van der Waals surface area contributed by atoms with Crippen LogP contribution in [0.25, 0.3) is 0 Å². The normalized spacial score (nSPS) is 27.6. The minimum Gasteiger partial charge on any atom is -0.334 e. The van der Waals surface area contributed by atoms with Gasteiger partial charge in [-0.2, -0.15) is 13.8 Å². The molecule has 2 fully saturated rings. The van der Waals surface area contributed by atoms with Gasteiger partial charge in [-0.15, -0.1) is 11.3 Å². The van der Waals surface area contributed by atoms with Crippen molar-refractivity contribution in [2.24, 2.45) is 5.92 Å². The lowest BCUT2D eigenvalue weighted by Gasteiger charge is -2.42. The first-order valence-electron chi connectivity index (χ1n) is 9.48. The van der Waals surface area contributed by atoms with Gasteiger partial charge in [0.25, 0.3) is 11.8 Å². The SMILES string of the molecule is C=S1(=O)CCC(C(=O)N2CCN(c3noc(C(F)F)n3)CC2c2ccc(Cl)s2)CC1. The molecule has 2 aliphatic heterocycles. The predicted octanol–water partition coefficient (Wildman–Crippen LogP) is 3.24. The average Bonchev–Trinajstić information content (AvgIpc) is 3.36. The number of thiophene rings is 1. The van der Waals surface area contributed by atoms with E-state index >= 15 is 0 Å². The van der Waals surface area contributed by atoms with Gasteiger partial charge in [-0.3, -0.25) is 9.00 Å². The van der Waals surface area contributed by atoms with Gasteiger partial charge in [-0.05, 0) is 45.5 Å². The second kappa shape index (κ2) is 8.43. The Morgan fingerprint density at radius 3 is 2.67 bits per heavy atom. The van der Waals surface area contributed by atoms with Gasteiger partial charge in [0.2, 0.25) is 5.91 Å². The molecule has 0 bridgehead atoms. The standard InChI is InChI=1S/C18H21ClF2N4O3S2/c1-30(27)8-4-11(5-9-30)17(26)25-7-6-24(18-22-16(15(20)21)28-23-18)10-12(25)13-2-3-14(19)29-13/h2-3,11-12,15H,1,4-10H2. The molecule has 0 spiro atoms. The van der Waals surface area contributed by atoms with Gasteiger partial charge < -0.3 is 14.3 Å². The lowest BCUT2D eigenvalue weighted by molar-refractivity contribution is -0.138. The number of aromatic nitrogens is 2. The molecule has 2 aliphatic rings. The molecule has 4 heterocycles. The summed E-state index contributed by atoms with van der Waals surface area (Å²) in [4.78, 5) is 21.5. The number of alkyl halides is 2. The molecule has 2 aromatic heterocycles. The fourth-order valence-corrected chi connectivity index (χ4v) is 6.66. The van der Waals surface area contributed by atoms with Crippen LogP contribution in [0.3, 0.4) is 0 Å². The van der Waals surface area contributed by atoms with Crippen molar-refractivity contribution in [1.82, 2.24) is 15.0 Å². The molecule has 30 heavy (non-hydrogen) atoms. The summed E-state index contributed by atoms with van der Waals surface area (Å²) in [5, 5.41) is 3.66. The Morgan fingerprint density at radius 1 is 1.33 bits per heavy atom. The first kappa shape index (κ1) is 21.5. The molecule has 0 aromatic carbocycles. The maximum Gasteiger partial charge on any atom is 0.316 e. The van der Waals surface area contributed by atoms with E-state index in [-0.39, 0.29) is 23.8 Å². The van der Waals surface area contributed by atoms with Gasteiger partial charge >= 0.3 is 6.43 Å². The number of anilines is 1. The summed E-state index contributed by atoms with van der Waals surface area (Å²) < 4.78 is 43.0. The Morgan fingerprint density at radius 2 is 2.07 bits per heavy atom. The number of nitrogens with zero attached hydrogens (tertiary/aromatic N) is 4. The number of hydrogen-bond acceptors (Lipinski definition) is 7. The third kappa shape index (κ3) is 4.47. The van der Waals surface area contributed by atoms with Crippen molar-refractivity contribution in [1.29, 1.82) is 0 Å². The van der Waals surface area contributed by atoms with E-state index in [0.29, 0.717) is 48.3 Å². The second-order valence-corrected chi connectivity index (χ2v) is 12.0. The topological polar surface area (TPSA) is 79.5 Å². The highest BCUT2D eigenvalue weighted by Crippen LogP contribution is 2.36. The first-order valence-corrected chi connectivity index (χ1v) is 12.7. The van der Waals surface area contributed by atoms with Crippen LogP contribution in [0.1, 0.15) is 36.1 Å². The Balaban J connectivity index is 1.55. The van der Waals surface area contributed by atoms with E-state index in [1.54, 1.807) is 11.0 Å². The highest BCUT2D eigenvalue weighted by molar-refractivity contribution is 8.00. The summed E-state index contributed by atoms with van der Waals surface area (Å²) in [6.07, 6.45) is -1.72. The summed E-state index contributed by atoms with van der Waals surface area (Å²) in [5.41, 5.74) is 0. The van der Waals surface area contributed by atoms with Crippen LogP contribution in [-0.4, -0.2) is 62.2 Å². The van der Waals surface area contributed by atoms with Crippen LogP contribution < -0.4 is 4.90 Å². The van der Waals surface area contributed by atoms with Crippen molar-refractivity contribution in [3.63, 3.8) is 0 Å². The minimum absolute atomic E-state index is 0.0143. The molecule has 4 rings (SSSR count). The summed E-state index contributed by atoms with van der Waals surface area (Å²) in [7, 11) is -2.07. The number of carbonyl (C=O) groups excluding carboxylic acids is 1. The third-order valence-corrected chi connectivity index (χ3v) is 8.80. The third-order valence-electron chi connectivity index (χ3n) is 5.51. The molecule has 0 saturated carbocycles. The fourth-order valence-electron chi connectivity index (χ4n) is 3.87. The molecule has 7 nitrogen and oxygen atoms in total. The number of rotatable bonds is 4. The van der Waals surface area contributed by atoms with E-state index in [4.69, 9.17) is 11.6 Å². The zero-order valence-corrected chi connectivity index (χ0v) is 18.4. The van der Waals surface area contributed by atoms with Gasteiger partial charge in [0, 0.05) is 41.9 Å². The molecule has 12 heteroatoms. The van der Waals surface area contributed by atoms with Crippen molar-refractivity contribution < 1.29 is 22.3 Å². The van der Waals surface area contributed by atoms with E-state index < -0.39 is 21.8 Å². The van der Waals surface area contributed by atoms with Crippen LogP contribution >= 0.6 is 22.9 Å². The summed E-state index contributed by atoms with van der Waals surface area (Å²) in [6.45, 7) is 1.11. The van der Waals surface area contributed by atoms with Crippen LogP contribution in [0.4, 0.5) is 14.7 Å². The van der Waals surface area contributed by atoms with E-state index in [0.717, 1.165) is 4.88 Å². The summed E-state index contributed by atoms with van der Waals surface area (Å²) >= 11 is 7.49. The predicted molar refractivity (Wildman–Crippen MR) is 113 cm³/mol. The molecule has 1 atom stereocenters. The zero-order valence-electron chi connectivity index (χ0n) is 16.0. The van der Waals surface area contributed by atoms with Gasteiger partial charge in [0.15, 0.2) is 0 Å². The maximum absolute atomic E-state index is 13.3. The van der Waals surface area contributed by atoms with Crippen molar-refractivity contribution >= 4 is 50.2 Å². The Kier molecular flexibility index (Phi) is 6.04. The van der Waals surface area contributed by atoms with Gasteiger partial charge in [0.1, 0.15) is 0 Å². The fraction of sp³-hybridized carbons (Fsp3) is 0.556. The number of piperazine rings is 1. The van der Waals surface area contributed by atoms with Crippen molar-refractivity contribution in [2.75, 3.05) is 36.0 Å². The van der Waals surface area contributed by atoms with Gasteiger partial charge in [0.05, 0.1) is 10.4 Å². The Bertz CT molecular complexity index is 1010. The lowest BCUT2D eigenvalue weighted by Crippen LogP contribution is -2.53. The van der Waals surface area contributed by atoms with E-state index in [1.165, 1.54) is 11.3 Å². The van der Waals surface area contributed by atoms with Gasteiger partial charge in [-0.25, -0.2) is 0 Å². The molecule has 1 unspecified atom stereocenters. The van der Waals surface area contributed by atoms with E-state index in [1.807, 2.05) is 11.0 Å². The zero-order chi connectivity index (χ0) is 21.5. The smallest absolute Gasteiger partial charge is 0.316 e. The van der Waals surface area contributed by atoms with Crippen LogP contribution in [0.2, 0.25) is 4.34 Å². The number of halogens is 3. The molecule has 0 N–H and O–H groups in total. The van der Waals surface area contributed by atoms with Crippen LogP contribution in [0.5, 0.6) is 0 Å². The summed E-state index contributed by atoms with van der Waals surface area (Å²) in [5.74, 6) is 3.86. The highest BCUT2D eigenvalue weighted by Gasteiger charge is 2.38. The minimum atomic E-state index is -2.84. The maximum atomic E-state index is 13.3. The largest absolute Gasteiger partial charge is 0.334 e. The molecule has 2 saturated heterocycles. The second-order valence-electron chi connectivity index (χ2n) is 7.52. The molecule has 0 radical (unpaired) electrons. The van der Waals surface area contributed by atoms with Crippen molar-refractivity contribution in [3.8, 4) is 0 Å². The van der Waals surface area contributed by atoms with Gasteiger partial charge in [-0.1, -0.05) is 11.6 Å². The molecular formula is C18H21ClF2N4O3S2. The average molecular weight is 479 g/mol. The molecule has 2 aromatic rings. The highest BCUT2D eigenvalue weighted by atomic mass is 35.5. The van der Waals surface area contributed by atoms with E-state index in [2.05, 4.69) is 20.5 Å². The quantitative estimate of drug-likeness (QED) is 0.628. The summed E-state index contributed by atoms with van der Waals surface area (Å²) in [6, 6.07) is 3.32. The molecule has 164 valence electrons. The van der Waals surface area contributed by atoms with Crippen molar-refractivity contribution in [2.45, 2.75) is 25.3 Å². The number of carbonyl (C=O) groups is 1. The van der Waals surface area contributed by atoms with E-state index in [9.17, 15) is 17.8 Å². The van der Waals surface area contributed by atoms with Crippen LogP contribution in [0.15, 0.2) is 16.7 Å². The monoisotopic (exact) mass is 478 g/mol. The Labute approximate surface area is 182 Å². The Hall–Kier alpha value is -1.72. The number of amides is 1. The molecular weight excluding hydrogens is 458 g/mol. The van der Waals surface area contributed by atoms with Crippen molar-refractivity contribution in [3.05, 3.63) is 27.2 Å². The van der Waals surface area contributed by atoms with Crippen LogP contribution in [0, 0.1) is 5.92 Å².